The number of fused-ring (bicyclic) bond motifs is 3. The smallest absolute Gasteiger partial charge is 0.229 e. The van der Waals surface area contributed by atoms with Crippen molar-refractivity contribution in [3.8, 4) is 11.3 Å². The van der Waals surface area contributed by atoms with Gasteiger partial charge in [0, 0.05) is 5.56 Å². The maximum Gasteiger partial charge on any atom is 0.229 e. The van der Waals surface area contributed by atoms with Crippen LogP contribution in [0.25, 0.3) is 11.3 Å². The molecule has 5 rings (SSSR count). The summed E-state index contributed by atoms with van der Waals surface area (Å²) in [6, 6.07) is 12.0. The Morgan fingerprint density at radius 1 is 1.00 bits per heavy atom. The molecule has 1 heterocycles. The largest absolute Gasteiger partial charge is 0.392 e. The van der Waals surface area contributed by atoms with Crippen LogP contribution >= 0.6 is 0 Å². The fourth-order valence-corrected chi connectivity index (χ4v) is 5.39. The number of nitrogens with one attached hydrogen (secondary N) is 1. The summed E-state index contributed by atoms with van der Waals surface area (Å²) < 4.78 is 13.2. The van der Waals surface area contributed by atoms with Crippen molar-refractivity contribution in [2.24, 2.45) is 5.92 Å². The van der Waals surface area contributed by atoms with Crippen LogP contribution in [-0.4, -0.2) is 21.0 Å². The van der Waals surface area contributed by atoms with E-state index in [1.165, 1.54) is 49.8 Å². The van der Waals surface area contributed by atoms with Crippen molar-refractivity contribution in [3.63, 3.8) is 0 Å². The number of anilines is 1. The van der Waals surface area contributed by atoms with Gasteiger partial charge in [-0.3, -0.25) is 4.79 Å². The Morgan fingerprint density at radius 2 is 1.77 bits per heavy atom. The van der Waals surface area contributed by atoms with Crippen molar-refractivity contribution in [3.05, 3.63) is 76.4 Å². The molecule has 2 N–H and O–H groups in total. The van der Waals surface area contributed by atoms with E-state index < -0.39 is 0 Å². The van der Waals surface area contributed by atoms with Crippen LogP contribution in [0.2, 0.25) is 0 Å². The van der Waals surface area contributed by atoms with E-state index in [0.29, 0.717) is 11.7 Å². The summed E-state index contributed by atoms with van der Waals surface area (Å²) in [5.41, 5.74) is 6.54. The van der Waals surface area contributed by atoms with E-state index in [9.17, 15) is 14.3 Å². The summed E-state index contributed by atoms with van der Waals surface area (Å²) in [4.78, 5) is 22.9. The quantitative estimate of drug-likeness (QED) is 0.471. The predicted molar refractivity (Wildman–Crippen MR) is 134 cm³/mol. The average Bonchev–Trinajstić information content (AvgIpc) is 2.89. The summed E-state index contributed by atoms with van der Waals surface area (Å²) >= 11 is 0. The van der Waals surface area contributed by atoms with Gasteiger partial charge in [0.2, 0.25) is 5.91 Å². The molecule has 35 heavy (non-hydrogen) atoms. The molecule has 3 aromatic rings. The molecule has 0 atom stereocenters. The van der Waals surface area contributed by atoms with Crippen molar-refractivity contribution in [1.82, 2.24) is 9.97 Å². The topological polar surface area (TPSA) is 75.1 Å². The zero-order chi connectivity index (χ0) is 24.2. The minimum Gasteiger partial charge on any atom is -0.392 e. The molecule has 1 amide bonds. The fourth-order valence-electron chi connectivity index (χ4n) is 5.39. The Kier molecular flexibility index (Phi) is 7.19. The predicted octanol–water partition coefficient (Wildman–Crippen LogP) is 5.57. The van der Waals surface area contributed by atoms with E-state index >= 15 is 0 Å². The molecule has 182 valence electrons. The monoisotopic (exact) mass is 473 g/mol. The van der Waals surface area contributed by atoms with Crippen molar-refractivity contribution in [2.45, 2.75) is 70.8 Å². The third-order valence-corrected chi connectivity index (χ3v) is 7.33. The molecule has 2 aliphatic rings. The van der Waals surface area contributed by atoms with Crippen LogP contribution in [0.1, 0.15) is 66.6 Å². The van der Waals surface area contributed by atoms with Crippen molar-refractivity contribution in [1.29, 1.82) is 0 Å². The zero-order valence-electron chi connectivity index (χ0n) is 20.0. The van der Waals surface area contributed by atoms with Gasteiger partial charge in [-0.15, -0.1) is 0 Å². The van der Waals surface area contributed by atoms with Crippen LogP contribution < -0.4 is 5.32 Å². The van der Waals surface area contributed by atoms with Gasteiger partial charge < -0.3 is 10.4 Å². The van der Waals surface area contributed by atoms with Crippen LogP contribution in [0.3, 0.4) is 0 Å². The summed E-state index contributed by atoms with van der Waals surface area (Å²) in [5, 5.41) is 12.5. The van der Waals surface area contributed by atoms with Gasteiger partial charge in [0.15, 0.2) is 5.82 Å². The fraction of sp³-hybridized carbons (Fsp3) is 0.414. The lowest BCUT2D eigenvalue weighted by Crippen LogP contribution is -2.20. The molecular formula is C29H32FN3O2. The second-order valence-electron chi connectivity index (χ2n) is 9.86. The Bertz CT molecular complexity index is 1200. The lowest BCUT2D eigenvalue weighted by atomic mass is 9.85. The molecule has 0 bridgehead atoms. The van der Waals surface area contributed by atoms with Gasteiger partial charge in [-0.1, -0.05) is 62.4 Å². The molecule has 0 spiro atoms. The van der Waals surface area contributed by atoms with E-state index in [1.54, 1.807) is 12.1 Å². The number of halogens is 1. The zero-order valence-corrected chi connectivity index (χ0v) is 20.0. The van der Waals surface area contributed by atoms with E-state index in [-0.39, 0.29) is 24.8 Å². The first kappa shape index (κ1) is 23.6. The SMILES string of the molecule is O=C(Cc1ccc(F)cc1)Nc1nc2c(nc1CCC1CCCCC1)-c1ccc(CO)cc1CC2. The molecule has 0 unspecified atom stereocenters. The van der Waals surface area contributed by atoms with Crippen LogP contribution in [0.15, 0.2) is 42.5 Å². The van der Waals surface area contributed by atoms with Gasteiger partial charge >= 0.3 is 0 Å². The van der Waals surface area contributed by atoms with Crippen molar-refractivity contribution >= 4 is 11.7 Å². The number of aromatic nitrogens is 2. The van der Waals surface area contributed by atoms with Crippen LogP contribution in [-0.2, 0) is 37.1 Å². The Hall–Kier alpha value is -3.12. The molecule has 6 heteroatoms. The highest BCUT2D eigenvalue weighted by atomic mass is 19.1. The van der Waals surface area contributed by atoms with Gasteiger partial charge in [-0.05, 0) is 60.4 Å². The highest BCUT2D eigenvalue weighted by Crippen LogP contribution is 2.35. The molecule has 2 aliphatic carbocycles. The number of aryl methyl sites for hydroxylation is 3. The Morgan fingerprint density at radius 3 is 2.54 bits per heavy atom. The first-order valence-electron chi connectivity index (χ1n) is 12.8. The number of rotatable bonds is 7. The molecule has 0 aliphatic heterocycles. The number of hydrogen-bond acceptors (Lipinski definition) is 4. The summed E-state index contributed by atoms with van der Waals surface area (Å²) in [7, 11) is 0. The highest BCUT2D eigenvalue weighted by molar-refractivity contribution is 5.92. The normalized spacial score (nSPS) is 15.4. The molecule has 1 aromatic heterocycles. The number of carbonyl (C=O) groups excluding carboxylic acids is 1. The van der Waals surface area contributed by atoms with Gasteiger partial charge in [0.1, 0.15) is 5.82 Å². The van der Waals surface area contributed by atoms with Gasteiger partial charge in [-0.2, -0.15) is 0 Å². The summed E-state index contributed by atoms with van der Waals surface area (Å²) in [5.74, 6) is 0.769. The van der Waals surface area contributed by atoms with Crippen LogP contribution in [0, 0.1) is 11.7 Å². The molecule has 0 radical (unpaired) electrons. The Labute approximate surface area is 205 Å². The molecule has 0 saturated heterocycles. The van der Waals surface area contributed by atoms with E-state index in [4.69, 9.17) is 9.97 Å². The van der Waals surface area contributed by atoms with Gasteiger partial charge in [0.25, 0.3) is 0 Å². The maximum atomic E-state index is 13.2. The third kappa shape index (κ3) is 5.59. The maximum absolute atomic E-state index is 13.2. The second-order valence-corrected chi connectivity index (χ2v) is 9.86. The van der Waals surface area contributed by atoms with Crippen molar-refractivity contribution < 1.29 is 14.3 Å². The molecule has 1 fully saturated rings. The number of amides is 1. The minimum absolute atomic E-state index is 0.0253. The third-order valence-electron chi connectivity index (χ3n) is 7.33. The van der Waals surface area contributed by atoms with Gasteiger partial charge in [0.05, 0.1) is 30.1 Å². The number of nitrogens with zero attached hydrogens (tertiary/aromatic N) is 2. The average molecular weight is 474 g/mol. The second kappa shape index (κ2) is 10.6. The van der Waals surface area contributed by atoms with E-state index in [2.05, 4.69) is 11.4 Å². The number of benzene rings is 2. The highest BCUT2D eigenvalue weighted by Gasteiger charge is 2.23. The first-order chi connectivity index (χ1) is 17.1. The minimum atomic E-state index is -0.314. The van der Waals surface area contributed by atoms with Crippen molar-refractivity contribution in [2.75, 3.05) is 5.32 Å². The first-order valence-corrected chi connectivity index (χ1v) is 12.8. The van der Waals surface area contributed by atoms with Crippen LogP contribution in [0.4, 0.5) is 10.2 Å². The standard InChI is InChI=1S/C29H32FN3O2/c30-23-11-6-20(7-12-23)17-27(35)33-29-26(14-9-19-4-2-1-3-5-19)31-28-24-13-8-21(18-34)16-22(24)10-15-25(28)32-29/h6-8,11-13,16,19,34H,1-5,9-10,14-15,17-18H2,(H,32,33,35). The van der Waals surface area contributed by atoms with E-state index in [1.807, 2.05) is 12.1 Å². The van der Waals surface area contributed by atoms with Gasteiger partial charge in [-0.25, -0.2) is 14.4 Å². The lowest BCUT2D eigenvalue weighted by Gasteiger charge is -2.23. The Balaban J connectivity index is 1.42. The number of aliphatic hydroxyl groups is 1. The molecular weight excluding hydrogens is 441 g/mol. The molecule has 1 saturated carbocycles. The number of carbonyl (C=O) groups is 1. The number of aliphatic hydroxyl groups excluding tert-OH is 1. The van der Waals surface area contributed by atoms with E-state index in [0.717, 1.165) is 59.5 Å². The number of hydrogen-bond donors (Lipinski definition) is 2. The summed E-state index contributed by atoms with van der Waals surface area (Å²) in [6.45, 7) is 0.0253. The molecule has 5 nitrogen and oxygen atoms in total. The summed E-state index contributed by atoms with van der Waals surface area (Å²) in [6.07, 6.45) is 9.99. The lowest BCUT2D eigenvalue weighted by molar-refractivity contribution is -0.115. The van der Waals surface area contributed by atoms with Crippen LogP contribution in [0.5, 0.6) is 0 Å². The molecule has 2 aromatic carbocycles.